The largest absolute Gasteiger partial charge is 0.461 e. The molecular weight excluding hydrogens is 532 g/mol. The van der Waals surface area contributed by atoms with E-state index in [1.165, 1.54) is 18.2 Å². The summed E-state index contributed by atoms with van der Waals surface area (Å²) in [5.41, 5.74) is 1.97. The number of hydrogen-bond donors (Lipinski definition) is 2. The number of aliphatic imine (C=N–C) groups is 1. The Balaban J connectivity index is 0.00000341. The van der Waals surface area contributed by atoms with Gasteiger partial charge in [-0.1, -0.05) is 24.3 Å². The molecule has 0 fully saturated rings. The van der Waals surface area contributed by atoms with E-state index in [1.54, 1.807) is 0 Å². The van der Waals surface area contributed by atoms with E-state index in [-0.39, 0.29) is 36.3 Å². The quantitative estimate of drug-likeness (QED) is 0.248. The third kappa shape index (κ3) is 7.80. The number of guanidine groups is 1. The molecule has 1 aromatic heterocycles. The van der Waals surface area contributed by atoms with Gasteiger partial charge in [0.1, 0.15) is 17.2 Å². The maximum atomic E-state index is 13.7. The number of para-hydroxylation sites is 1. The number of furan rings is 1. The molecule has 2 N–H and O–H groups in total. The molecule has 0 spiro atoms. The van der Waals surface area contributed by atoms with Crippen LogP contribution in [0.4, 0.5) is 4.39 Å². The molecule has 0 unspecified atom stereocenters. The fraction of sp³-hybridized carbons (Fsp3) is 0.318. The molecule has 2 aromatic carbocycles. The van der Waals surface area contributed by atoms with Crippen molar-refractivity contribution in [2.24, 2.45) is 4.99 Å². The van der Waals surface area contributed by atoms with Crippen molar-refractivity contribution in [3.8, 4) is 0 Å². The molecule has 0 saturated heterocycles. The van der Waals surface area contributed by atoms with Crippen molar-refractivity contribution in [1.29, 1.82) is 0 Å². The first-order valence-corrected chi connectivity index (χ1v) is 11.8. The summed E-state index contributed by atoms with van der Waals surface area (Å²) >= 11 is 0. The SMILES string of the molecule is CCNC(=NCc1cc(F)ccc1CS(C)(=O)=O)NCCc1cc2ccccc2o1.I. The summed E-state index contributed by atoms with van der Waals surface area (Å²) in [6, 6.07) is 14.0. The van der Waals surface area contributed by atoms with Gasteiger partial charge in [-0.25, -0.2) is 17.8 Å². The summed E-state index contributed by atoms with van der Waals surface area (Å²) in [4.78, 5) is 4.49. The van der Waals surface area contributed by atoms with Gasteiger partial charge in [0.25, 0.3) is 0 Å². The number of sulfone groups is 1. The van der Waals surface area contributed by atoms with E-state index in [2.05, 4.69) is 15.6 Å². The van der Waals surface area contributed by atoms with Crippen molar-refractivity contribution in [1.82, 2.24) is 10.6 Å². The lowest BCUT2D eigenvalue weighted by Crippen LogP contribution is -2.38. The summed E-state index contributed by atoms with van der Waals surface area (Å²) in [6.45, 7) is 3.39. The van der Waals surface area contributed by atoms with Crippen LogP contribution in [0.15, 0.2) is 57.9 Å². The second-order valence-electron chi connectivity index (χ2n) is 7.11. The number of rotatable bonds is 8. The number of halogens is 2. The van der Waals surface area contributed by atoms with Gasteiger partial charge < -0.3 is 15.1 Å². The molecule has 6 nitrogen and oxygen atoms in total. The summed E-state index contributed by atoms with van der Waals surface area (Å²) in [5, 5.41) is 7.44. The van der Waals surface area contributed by atoms with Gasteiger partial charge in [-0.15, -0.1) is 24.0 Å². The first-order chi connectivity index (χ1) is 14.3. The van der Waals surface area contributed by atoms with E-state index in [0.29, 0.717) is 36.6 Å². The van der Waals surface area contributed by atoms with Crippen LogP contribution < -0.4 is 10.6 Å². The Kier molecular flexibility index (Phi) is 9.30. The summed E-state index contributed by atoms with van der Waals surface area (Å²) in [7, 11) is -3.23. The summed E-state index contributed by atoms with van der Waals surface area (Å²) in [5.74, 6) is 0.886. The van der Waals surface area contributed by atoms with E-state index in [9.17, 15) is 12.8 Å². The van der Waals surface area contributed by atoms with Crippen LogP contribution in [0.3, 0.4) is 0 Å². The average molecular weight is 559 g/mol. The average Bonchev–Trinajstić information content (AvgIpc) is 3.09. The van der Waals surface area contributed by atoms with E-state index in [4.69, 9.17) is 4.42 Å². The standard InChI is InChI=1S/C22H26FN3O3S.HI/c1-3-24-22(25-11-10-20-13-16-6-4-5-7-21(16)29-20)26-14-18-12-19(23)9-8-17(18)15-30(2,27)28;/h4-9,12-13H,3,10-11,14-15H2,1-2H3,(H2,24,25,26);1H. The second kappa shape index (κ2) is 11.5. The highest BCUT2D eigenvalue weighted by atomic mass is 127. The molecular formula is C22H27FIN3O3S. The topological polar surface area (TPSA) is 83.7 Å². The van der Waals surface area contributed by atoms with Crippen LogP contribution in [0.5, 0.6) is 0 Å². The third-order valence-corrected chi connectivity index (χ3v) is 5.31. The zero-order valence-corrected chi connectivity index (χ0v) is 20.7. The minimum atomic E-state index is -3.23. The van der Waals surface area contributed by atoms with Gasteiger partial charge in [-0.05, 0) is 42.3 Å². The number of nitrogens with zero attached hydrogens (tertiary/aromatic N) is 1. The van der Waals surface area contributed by atoms with Crippen LogP contribution in [-0.4, -0.2) is 33.7 Å². The minimum absolute atomic E-state index is 0. The van der Waals surface area contributed by atoms with Gasteiger partial charge in [-0.2, -0.15) is 0 Å². The van der Waals surface area contributed by atoms with E-state index >= 15 is 0 Å². The first kappa shape index (κ1) is 25.1. The van der Waals surface area contributed by atoms with Crippen molar-refractivity contribution >= 4 is 50.7 Å². The fourth-order valence-electron chi connectivity index (χ4n) is 3.14. The van der Waals surface area contributed by atoms with Gasteiger partial charge in [-0.3, -0.25) is 0 Å². The Morgan fingerprint density at radius 3 is 2.58 bits per heavy atom. The Morgan fingerprint density at radius 2 is 1.87 bits per heavy atom. The maximum absolute atomic E-state index is 13.7. The van der Waals surface area contributed by atoms with Crippen LogP contribution in [0.2, 0.25) is 0 Å². The Hall–Kier alpha value is -2.14. The van der Waals surface area contributed by atoms with Gasteiger partial charge in [0, 0.05) is 31.2 Å². The molecule has 0 aliphatic rings. The van der Waals surface area contributed by atoms with E-state index in [1.807, 2.05) is 37.3 Å². The molecule has 3 aromatic rings. The van der Waals surface area contributed by atoms with Gasteiger partial charge in [0.05, 0.1) is 12.3 Å². The van der Waals surface area contributed by atoms with Crippen LogP contribution >= 0.6 is 24.0 Å². The van der Waals surface area contributed by atoms with Crippen molar-refractivity contribution in [2.75, 3.05) is 19.3 Å². The van der Waals surface area contributed by atoms with Crippen LogP contribution in [-0.2, 0) is 28.6 Å². The van der Waals surface area contributed by atoms with Crippen molar-refractivity contribution in [3.63, 3.8) is 0 Å². The lowest BCUT2D eigenvalue weighted by atomic mass is 10.1. The lowest BCUT2D eigenvalue weighted by Gasteiger charge is -2.12. The van der Waals surface area contributed by atoms with Gasteiger partial charge >= 0.3 is 0 Å². The molecule has 0 aliphatic heterocycles. The molecule has 0 bridgehead atoms. The summed E-state index contributed by atoms with van der Waals surface area (Å²) in [6.07, 6.45) is 1.84. The molecule has 0 atom stereocenters. The molecule has 0 amide bonds. The third-order valence-electron chi connectivity index (χ3n) is 4.48. The Bertz CT molecular complexity index is 1110. The zero-order chi connectivity index (χ0) is 21.6. The predicted molar refractivity (Wildman–Crippen MR) is 133 cm³/mol. The highest BCUT2D eigenvalue weighted by Crippen LogP contribution is 2.19. The number of fused-ring (bicyclic) bond motifs is 1. The maximum Gasteiger partial charge on any atom is 0.191 e. The molecule has 0 aliphatic carbocycles. The Labute approximate surface area is 199 Å². The second-order valence-corrected chi connectivity index (χ2v) is 9.25. The monoisotopic (exact) mass is 559 g/mol. The van der Waals surface area contributed by atoms with Crippen molar-refractivity contribution in [3.05, 3.63) is 71.2 Å². The molecule has 3 rings (SSSR count). The number of benzene rings is 2. The molecule has 9 heteroatoms. The smallest absolute Gasteiger partial charge is 0.191 e. The highest BCUT2D eigenvalue weighted by Gasteiger charge is 2.11. The van der Waals surface area contributed by atoms with Gasteiger partial charge in [0.15, 0.2) is 15.8 Å². The molecule has 1 heterocycles. The van der Waals surface area contributed by atoms with Crippen LogP contribution in [0, 0.1) is 5.82 Å². The fourth-order valence-corrected chi connectivity index (χ4v) is 3.98. The lowest BCUT2D eigenvalue weighted by molar-refractivity contribution is 0.544. The van der Waals surface area contributed by atoms with E-state index in [0.717, 1.165) is 23.0 Å². The molecule has 0 saturated carbocycles. The summed E-state index contributed by atoms with van der Waals surface area (Å²) < 4.78 is 42.8. The zero-order valence-electron chi connectivity index (χ0n) is 17.5. The van der Waals surface area contributed by atoms with Gasteiger partial charge in [0.2, 0.25) is 0 Å². The Morgan fingerprint density at radius 1 is 1.10 bits per heavy atom. The highest BCUT2D eigenvalue weighted by molar-refractivity contribution is 14.0. The first-order valence-electron chi connectivity index (χ1n) is 9.78. The minimum Gasteiger partial charge on any atom is -0.461 e. The van der Waals surface area contributed by atoms with Crippen LogP contribution in [0.1, 0.15) is 23.8 Å². The number of nitrogens with one attached hydrogen (secondary N) is 2. The molecule has 31 heavy (non-hydrogen) atoms. The van der Waals surface area contributed by atoms with Crippen molar-refractivity contribution < 1.29 is 17.2 Å². The molecule has 0 radical (unpaired) electrons. The number of hydrogen-bond acceptors (Lipinski definition) is 4. The van der Waals surface area contributed by atoms with E-state index < -0.39 is 15.7 Å². The normalized spacial score (nSPS) is 11.9. The molecule has 168 valence electrons. The predicted octanol–water partition coefficient (Wildman–Crippen LogP) is 4.03. The van der Waals surface area contributed by atoms with Crippen LogP contribution in [0.25, 0.3) is 11.0 Å². The van der Waals surface area contributed by atoms with Crippen molar-refractivity contribution in [2.45, 2.75) is 25.6 Å².